The highest BCUT2D eigenvalue weighted by Gasteiger charge is 2.34. The Balaban J connectivity index is 1.67. The summed E-state index contributed by atoms with van der Waals surface area (Å²) in [5, 5.41) is 5.76. The molecule has 0 saturated carbocycles. The molecule has 176 valence electrons. The second kappa shape index (κ2) is 11.4. The number of amides is 3. The van der Waals surface area contributed by atoms with Crippen LogP contribution in [0.3, 0.4) is 0 Å². The van der Waals surface area contributed by atoms with E-state index in [2.05, 4.69) is 10.6 Å². The number of likely N-dealkylation sites (tertiary alicyclic amines) is 1. The molecular formula is C25H30FN3O4. The van der Waals surface area contributed by atoms with Gasteiger partial charge in [0.25, 0.3) is 11.8 Å². The van der Waals surface area contributed by atoms with Gasteiger partial charge in [0.05, 0.1) is 7.11 Å². The number of rotatable bonds is 8. The Bertz CT molecular complexity index is 972. The van der Waals surface area contributed by atoms with Crippen molar-refractivity contribution in [1.82, 2.24) is 15.5 Å². The maximum absolute atomic E-state index is 13.5. The van der Waals surface area contributed by atoms with Crippen molar-refractivity contribution in [3.8, 4) is 5.75 Å². The van der Waals surface area contributed by atoms with Gasteiger partial charge in [0.1, 0.15) is 17.6 Å². The molecule has 0 spiro atoms. The monoisotopic (exact) mass is 455 g/mol. The van der Waals surface area contributed by atoms with Gasteiger partial charge in [-0.3, -0.25) is 14.4 Å². The Kier molecular flexibility index (Phi) is 8.40. The number of halogens is 1. The van der Waals surface area contributed by atoms with Crippen LogP contribution >= 0.6 is 0 Å². The molecule has 3 rings (SSSR count). The third-order valence-corrected chi connectivity index (χ3v) is 5.84. The first-order chi connectivity index (χ1) is 15.9. The Morgan fingerprint density at radius 2 is 1.79 bits per heavy atom. The summed E-state index contributed by atoms with van der Waals surface area (Å²) in [6, 6.07) is 11.6. The summed E-state index contributed by atoms with van der Waals surface area (Å²) in [5.74, 6) is -0.743. The Labute approximate surface area is 193 Å². The van der Waals surface area contributed by atoms with E-state index >= 15 is 0 Å². The smallest absolute Gasteiger partial charge is 0.253 e. The van der Waals surface area contributed by atoms with Gasteiger partial charge in [-0.1, -0.05) is 13.0 Å². The lowest BCUT2D eigenvalue weighted by molar-refractivity contribution is -0.124. The van der Waals surface area contributed by atoms with Crippen LogP contribution in [0.4, 0.5) is 4.39 Å². The highest BCUT2D eigenvalue weighted by Crippen LogP contribution is 2.23. The van der Waals surface area contributed by atoms with Crippen LogP contribution in [0, 0.1) is 11.7 Å². The molecule has 2 N–H and O–H groups in total. The molecule has 0 aliphatic carbocycles. The highest BCUT2D eigenvalue weighted by atomic mass is 19.1. The Hall–Kier alpha value is -3.42. The lowest BCUT2D eigenvalue weighted by Gasteiger charge is -2.36. The minimum absolute atomic E-state index is 0.124. The van der Waals surface area contributed by atoms with Crippen molar-refractivity contribution >= 4 is 17.7 Å². The first kappa shape index (κ1) is 24.2. The third kappa shape index (κ3) is 6.31. The van der Waals surface area contributed by atoms with Crippen molar-refractivity contribution in [2.75, 3.05) is 26.7 Å². The summed E-state index contributed by atoms with van der Waals surface area (Å²) >= 11 is 0. The zero-order valence-electron chi connectivity index (χ0n) is 19.0. The normalized spacial score (nSPS) is 14.9. The molecule has 33 heavy (non-hydrogen) atoms. The van der Waals surface area contributed by atoms with E-state index in [0.29, 0.717) is 49.4 Å². The van der Waals surface area contributed by atoms with E-state index in [9.17, 15) is 18.8 Å². The fourth-order valence-electron chi connectivity index (χ4n) is 3.96. The van der Waals surface area contributed by atoms with Crippen LogP contribution in [0.15, 0.2) is 48.5 Å². The second-order valence-electron chi connectivity index (χ2n) is 8.11. The molecule has 7 nitrogen and oxygen atoms in total. The number of carbonyl (C=O) groups is 3. The second-order valence-corrected chi connectivity index (χ2v) is 8.11. The van der Waals surface area contributed by atoms with Crippen LogP contribution in [-0.2, 0) is 4.79 Å². The topological polar surface area (TPSA) is 87.7 Å². The minimum atomic E-state index is -0.711. The predicted octanol–water partition coefficient (Wildman–Crippen LogP) is 3.01. The van der Waals surface area contributed by atoms with Gasteiger partial charge in [-0.25, -0.2) is 4.39 Å². The molecule has 1 aliphatic heterocycles. The van der Waals surface area contributed by atoms with E-state index in [1.165, 1.54) is 18.2 Å². The number of ether oxygens (including phenoxy) is 1. The van der Waals surface area contributed by atoms with E-state index in [-0.39, 0.29) is 23.6 Å². The number of nitrogens with zero attached hydrogens (tertiary/aromatic N) is 1. The Morgan fingerprint density at radius 1 is 1.09 bits per heavy atom. The zero-order valence-corrected chi connectivity index (χ0v) is 19.0. The average molecular weight is 456 g/mol. The lowest BCUT2D eigenvalue weighted by atomic mass is 9.88. The fourth-order valence-corrected chi connectivity index (χ4v) is 3.96. The van der Waals surface area contributed by atoms with Gasteiger partial charge in [-0.15, -0.1) is 0 Å². The Morgan fingerprint density at radius 3 is 2.39 bits per heavy atom. The van der Waals surface area contributed by atoms with Crippen LogP contribution in [0.5, 0.6) is 5.75 Å². The van der Waals surface area contributed by atoms with Gasteiger partial charge in [0.15, 0.2) is 0 Å². The molecule has 8 heteroatoms. The van der Waals surface area contributed by atoms with Gasteiger partial charge in [-0.2, -0.15) is 0 Å². The van der Waals surface area contributed by atoms with Crippen molar-refractivity contribution < 1.29 is 23.5 Å². The largest absolute Gasteiger partial charge is 0.497 e. The number of hydrogen-bond acceptors (Lipinski definition) is 4. The van der Waals surface area contributed by atoms with E-state index in [1.807, 2.05) is 6.92 Å². The zero-order chi connectivity index (χ0) is 23.8. The minimum Gasteiger partial charge on any atom is -0.497 e. The van der Waals surface area contributed by atoms with Crippen LogP contribution in [0.2, 0.25) is 0 Å². The molecule has 1 atom stereocenters. The summed E-state index contributed by atoms with van der Waals surface area (Å²) in [6.45, 7) is 3.33. The first-order valence-electron chi connectivity index (χ1n) is 11.2. The van der Waals surface area contributed by atoms with Gasteiger partial charge in [0, 0.05) is 30.8 Å². The van der Waals surface area contributed by atoms with Crippen molar-refractivity contribution in [2.24, 2.45) is 5.92 Å². The molecule has 0 bridgehead atoms. The van der Waals surface area contributed by atoms with Gasteiger partial charge in [-0.05, 0) is 67.6 Å². The maximum Gasteiger partial charge on any atom is 0.253 e. The van der Waals surface area contributed by atoms with Gasteiger partial charge in [0.2, 0.25) is 5.91 Å². The number of hydrogen-bond donors (Lipinski definition) is 2. The van der Waals surface area contributed by atoms with Crippen molar-refractivity contribution in [3.63, 3.8) is 0 Å². The molecule has 3 amide bonds. The molecule has 0 aromatic heterocycles. The number of methoxy groups -OCH3 is 1. The van der Waals surface area contributed by atoms with Gasteiger partial charge >= 0.3 is 0 Å². The molecular weight excluding hydrogens is 425 g/mol. The molecule has 0 radical (unpaired) electrons. The van der Waals surface area contributed by atoms with Crippen molar-refractivity contribution in [2.45, 2.75) is 32.2 Å². The predicted molar refractivity (Wildman–Crippen MR) is 123 cm³/mol. The summed E-state index contributed by atoms with van der Waals surface area (Å²) in [5.41, 5.74) is 0.737. The van der Waals surface area contributed by atoms with Crippen LogP contribution in [-0.4, -0.2) is 55.4 Å². The molecule has 1 fully saturated rings. The number of nitrogens with one attached hydrogen (secondary N) is 2. The molecule has 1 aliphatic rings. The van der Waals surface area contributed by atoms with Crippen molar-refractivity contribution in [1.29, 1.82) is 0 Å². The van der Waals surface area contributed by atoms with E-state index in [0.717, 1.165) is 6.42 Å². The number of piperidine rings is 1. The number of carbonyl (C=O) groups excluding carboxylic acids is 3. The summed E-state index contributed by atoms with van der Waals surface area (Å²) < 4.78 is 18.6. The fraction of sp³-hybridized carbons (Fsp3) is 0.400. The quantitative estimate of drug-likeness (QED) is 0.641. The lowest BCUT2D eigenvalue weighted by Crippen LogP contribution is -2.54. The SMILES string of the molecule is CCCNC(=O)[C@@H](NC(=O)c1ccc(OC)cc1)C1CCN(C(=O)c2cccc(F)c2)CC1. The van der Waals surface area contributed by atoms with Gasteiger partial charge < -0.3 is 20.3 Å². The molecule has 1 saturated heterocycles. The summed E-state index contributed by atoms with van der Waals surface area (Å²) in [6.07, 6.45) is 1.88. The van der Waals surface area contributed by atoms with Crippen LogP contribution < -0.4 is 15.4 Å². The standard InChI is InChI=1S/C25H30FN3O4/c1-3-13-27-24(31)22(28-23(30)18-7-9-21(33-2)10-8-18)17-11-14-29(15-12-17)25(32)19-5-4-6-20(26)16-19/h4-10,16-17,22H,3,11-15H2,1-2H3,(H,27,31)(H,28,30)/t22-/m0/s1. The molecule has 2 aromatic carbocycles. The van der Waals surface area contributed by atoms with E-state index in [4.69, 9.17) is 4.74 Å². The maximum atomic E-state index is 13.5. The number of benzene rings is 2. The third-order valence-electron chi connectivity index (χ3n) is 5.84. The molecule has 1 heterocycles. The van der Waals surface area contributed by atoms with Crippen molar-refractivity contribution in [3.05, 3.63) is 65.5 Å². The van der Waals surface area contributed by atoms with Crippen LogP contribution in [0.25, 0.3) is 0 Å². The van der Waals surface area contributed by atoms with E-state index in [1.54, 1.807) is 42.3 Å². The molecule has 0 unspecified atom stereocenters. The summed E-state index contributed by atoms with van der Waals surface area (Å²) in [4.78, 5) is 40.1. The average Bonchev–Trinajstić information content (AvgIpc) is 2.85. The van der Waals surface area contributed by atoms with E-state index < -0.39 is 11.9 Å². The molecule has 2 aromatic rings. The first-order valence-corrected chi connectivity index (χ1v) is 11.2. The summed E-state index contributed by atoms with van der Waals surface area (Å²) in [7, 11) is 1.55. The van der Waals surface area contributed by atoms with Crippen LogP contribution in [0.1, 0.15) is 46.9 Å². The highest BCUT2D eigenvalue weighted by molar-refractivity contribution is 5.98.